The van der Waals surface area contributed by atoms with Crippen molar-refractivity contribution in [2.24, 2.45) is 0 Å². The van der Waals surface area contributed by atoms with Gasteiger partial charge in [-0.3, -0.25) is 0 Å². The second-order valence-electron chi connectivity index (χ2n) is 5.44. The summed E-state index contributed by atoms with van der Waals surface area (Å²) in [5.41, 5.74) is 0.285. The van der Waals surface area contributed by atoms with Crippen LogP contribution in [0.1, 0.15) is 36.5 Å². The zero-order chi connectivity index (χ0) is 19.4. The Morgan fingerprint density at radius 1 is 1.12 bits per heavy atom. The van der Waals surface area contributed by atoms with Gasteiger partial charge in [0.15, 0.2) is 11.5 Å². The first-order valence-corrected chi connectivity index (χ1v) is 8.45. The monoisotopic (exact) mass is 368 g/mol. The van der Waals surface area contributed by atoms with E-state index >= 15 is 0 Å². The van der Waals surface area contributed by atoms with Crippen molar-refractivity contribution in [3.63, 3.8) is 0 Å². The summed E-state index contributed by atoms with van der Waals surface area (Å²) in [7, 11) is 4.45. The Morgan fingerprint density at radius 2 is 1.77 bits per heavy atom. The van der Waals surface area contributed by atoms with Crippen LogP contribution >= 0.6 is 0 Å². The molecule has 0 saturated carbocycles. The van der Waals surface area contributed by atoms with Crippen molar-refractivity contribution in [3.8, 4) is 17.2 Å². The number of methoxy groups -OCH3 is 3. The first kappa shape index (κ1) is 21.6. The molecule has 0 aliphatic heterocycles. The molecule has 7 nitrogen and oxygen atoms in total. The molecule has 0 amide bonds. The van der Waals surface area contributed by atoms with Gasteiger partial charge in [-0.2, -0.15) is 0 Å². The lowest BCUT2D eigenvalue weighted by atomic mass is 10.1. The van der Waals surface area contributed by atoms with Gasteiger partial charge in [0.25, 0.3) is 0 Å². The van der Waals surface area contributed by atoms with Gasteiger partial charge in [-0.25, -0.2) is 4.79 Å². The molecule has 0 spiro atoms. The highest BCUT2D eigenvalue weighted by molar-refractivity contribution is 5.91. The molecule has 0 bridgehead atoms. The molecule has 26 heavy (non-hydrogen) atoms. The minimum Gasteiger partial charge on any atom is -0.502 e. The summed E-state index contributed by atoms with van der Waals surface area (Å²) in [6, 6.07) is 3.07. The zero-order valence-electron chi connectivity index (χ0n) is 15.8. The Balaban J connectivity index is 2.81. The third kappa shape index (κ3) is 6.48. The maximum absolute atomic E-state index is 12.5. The van der Waals surface area contributed by atoms with Crippen LogP contribution < -0.4 is 14.2 Å². The Hall–Kier alpha value is -2.41. The van der Waals surface area contributed by atoms with E-state index in [9.17, 15) is 9.90 Å². The van der Waals surface area contributed by atoms with E-state index in [2.05, 4.69) is 0 Å². The van der Waals surface area contributed by atoms with Gasteiger partial charge in [0.1, 0.15) is 6.10 Å². The molecule has 1 N–H and O–H groups in total. The maximum Gasteiger partial charge on any atom is 0.338 e. The number of ether oxygens (including phenoxy) is 5. The highest BCUT2D eigenvalue weighted by Gasteiger charge is 2.20. The Morgan fingerprint density at radius 3 is 2.27 bits per heavy atom. The molecule has 0 fully saturated rings. The van der Waals surface area contributed by atoms with E-state index in [1.54, 1.807) is 12.3 Å². The van der Waals surface area contributed by atoms with Crippen LogP contribution in [-0.4, -0.2) is 51.7 Å². The topological polar surface area (TPSA) is 83.5 Å². The average molecular weight is 368 g/mol. The van der Waals surface area contributed by atoms with Gasteiger partial charge in [-0.1, -0.05) is 6.08 Å². The number of carbonyl (C=O) groups is 1. The standard InChI is InChI=1S/C19H28O7/c1-5-10-25-11-6-7-15(8-9-20)26-19(21)14-12-16(22-2)18(24-4)17(13-14)23-3/h5,10,12-13,15,20H,6-9,11H2,1-4H3/b10-5+. The minimum absolute atomic E-state index is 0.0665. The van der Waals surface area contributed by atoms with Crippen LogP contribution in [-0.2, 0) is 9.47 Å². The summed E-state index contributed by atoms with van der Waals surface area (Å²) in [4.78, 5) is 12.5. The number of allylic oxidation sites excluding steroid dienone is 1. The lowest BCUT2D eigenvalue weighted by Crippen LogP contribution is -2.20. The molecule has 0 saturated heterocycles. The molecular formula is C19H28O7. The van der Waals surface area contributed by atoms with Crippen LogP contribution in [0.3, 0.4) is 0 Å². The van der Waals surface area contributed by atoms with Crippen LogP contribution in [0.2, 0.25) is 0 Å². The zero-order valence-corrected chi connectivity index (χ0v) is 15.8. The van der Waals surface area contributed by atoms with Gasteiger partial charge < -0.3 is 28.8 Å². The van der Waals surface area contributed by atoms with E-state index in [0.29, 0.717) is 43.1 Å². The van der Waals surface area contributed by atoms with E-state index < -0.39 is 12.1 Å². The Bertz CT molecular complexity index is 558. The van der Waals surface area contributed by atoms with E-state index in [-0.39, 0.29) is 12.2 Å². The number of hydrogen-bond acceptors (Lipinski definition) is 7. The van der Waals surface area contributed by atoms with Crippen molar-refractivity contribution in [1.29, 1.82) is 0 Å². The SMILES string of the molecule is C/C=C/OCCCC(CCO)OC(=O)c1cc(OC)c(OC)c(OC)c1. The Kier molecular flexibility index (Phi) is 10.0. The van der Waals surface area contributed by atoms with E-state index in [1.807, 2.05) is 6.92 Å². The third-order valence-electron chi connectivity index (χ3n) is 3.65. The predicted molar refractivity (Wildman–Crippen MR) is 97.0 cm³/mol. The molecule has 0 heterocycles. The molecule has 1 rings (SSSR count). The quantitative estimate of drug-likeness (QED) is 0.345. The largest absolute Gasteiger partial charge is 0.502 e. The lowest BCUT2D eigenvalue weighted by Gasteiger charge is -2.18. The molecule has 1 atom stereocenters. The molecule has 1 unspecified atom stereocenters. The summed E-state index contributed by atoms with van der Waals surface area (Å²) in [6.07, 6.45) is 4.67. The Labute approximate surface area is 154 Å². The second-order valence-corrected chi connectivity index (χ2v) is 5.44. The molecule has 0 radical (unpaired) electrons. The van der Waals surface area contributed by atoms with Gasteiger partial charge in [0.05, 0.1) is 39.8 Å². The number of aliphatic hydroxyl groups excluding tert-OH is 1. The summed E-state index contributed by atoms with van der Waals surface area (Å²) in [5.74, 6) is 0.631. The number of aliphatic hydroxyl groups is 1. The maximum atomic E-state index is 12.5. The van der Waals surface area contributed by atoms with E-state index in [1.165, 1.54) is 33.5 Å². The summed E-state index contributed by atoms with van der Waals surface area (Å²) >= 11 is 0. The van der Waals surface area contributed by atoms with Crippen molar-refractivity contribution in [2.45, 2.75) is 32.3 Å². The van der Waals surface area contributed by atoms with Gasteiger partial charge >= 0.3 is 5.97 Å². The van der Waals surface area contributed by atoms with Gasteiger partial charge in [0, 0.05) is 13.0 Å². The van der Waals surface area contributed by atoms with Crippen LogP contribution in [0, 0.1) is 0 Å². The fraction of sp³-hybridized carbons (Fsp3) is 0.526. The molecule has 0 aliphatic rings. The fourth-order valence-electron chi connectivity index (χ4n) is 2.38. The minimum atomic E-state index is -0.517. The van der Waals surface area contributed by atoms with Crippen LogP contribution in [0.25, 0.3) is 0 Å². The summed E-state index contributed by atoms with van der Waals surface area (Å²) in [5, 5.41) is 9.20. The van der Waals surface area contributed by atoms with Crippen LogP contribution in [0.4, 0.5) is 0 Å². The van der Waals surface area contributed by atoms with Crippen molar-refractivity contribution in [3.05, 3.63) is 30.0 Å². The molecular weight excluding hydrogens is 340 g/mol. The fourth-order valence-corrected chi connectivity index (χ4v) is 2.38. The molecule has 1 aromatic rings. The number of rotatable bonds is 12. The van der Waals surface area contributed by atoms with Crippen LogP contribution in [0.15, 0.2) is 24.5 Å². The normalized spacial score (nSPS) is 11.9. The molecule has 0 aliphatic carbocycles. The van der Waals surface area contributed by atoms with Gasteiger partial charge in [-0.05, 0) is 31.9 Å². The van der Waals surface area contributed by atoms with Crippen molar-refractivity contribution in [2.75, 3.05) is 34.5 Å². The first-order valence-electron chi connectivity index (χ1n) is 8.45. The third-order valence-corrected chi connectivity index (χ3v) is 3.65. The van der Waals surface area contributed by atoms with Crippen LogP contribution in [0.5, 0.6) is 17.2 Å². The number of carbonyl (C=O) groups excluding carboxylic acids is 1. The average Bonchev–Trinajstić information content (AvgIpc) is 2.66. The number of benzene rings is 1. The van der Waals surface area contributed by atoms with E-state index in [4.69, 9.17) is 23.7 Å². The van der Waals surface area contributed by atoms with Gasteiger partial charge in [0.2, 0.25) is 5.75 Å². The smallest absolute Gasteiger partial charge is 0.338 e. The number of hydrogen-bond donors (Lipinski definition) is 1. The van der Waals surface area contributed by atoms with Crippen molar-refractivity contribution in [1.82, 2.24) is 0 Å². The predicted octanol–water partition coefficient (Wildman–Crippen LogP) is 2.95. The molecule has 1 aromatic carbocycles. The lowest BCUT2D eigenvalue weighted by molar-refractivity contribution is 0.0201. The number of esters is 1. The summed E-state index contributed by atoms with van der Waals surface area (Å²) in [6.45, 7) is 2.32. The van der Waals surface area contributed by atoms with Crippen molar-refractivity contribution >= 4 is 5.97 Å². The van der Waals surface area contributed by atoms with Crippen molar-refractivity contribution < 1.29 is 33.6 Å². The van der Waals surface area contributed by atoms with E-state index in [0.717, 1.165) is 0 Å². The highest BCUT2D eigenvalue weighted by Crippen LogP contribution is 2.38. The molecule has 146 valence electrons. The second kappa shape index (κ2) is 12.0. The first-order chi connectivity index (χ1) is 12.6. The highest BCUT2D eigenvalue weighted by atomic mass is 16.5. The molecule has 7 heteroatoms. The van der Waals surface area contributed by atoms with Gasteiger partial charge in [-0.15, -0.1) is 0 Å². The summed E-state index contributed by atoms with van der Waals surface area (Å²) < 4.78 is 26.5. The molecule has 0 aromatic heterocycles.